The standard InChI is InChI=1S/C12H22N4/c1-3-16-8-7-14-12(16)15-10(2)11-5-4-6-13-9-11/h7-8,10-11,13H,3-6,9H2,1-2H3,(H,14,15). The van der Waals surface area contributed by atoms with E-state index < -0.39 is 0 Å². The van der Waals surface area contributed by atoms with Gasteiger partial charge >= 0.3 is 0 Å². The molecule has 4 heteroatoms. The summed E-state index contributed by atoms with van der Waals surface area (Å²) in [7, 11) is 0. The highest BCUT2D eigenvalue weighted by atomic mass is 15.2. The van der Waals surface area contributed by atoms with Crippen molar-refractivity contribution in [1.82, 2.24) is 14.9 Å². The van der Waals surface area contributed by atoms with E-state index >= 15 is 0 Å². The van der Waals surface area contributed by atoms with Crippen LogP contribution in [0.15, 0.2) is 12.4 Å². The smallest absolute Gasteiger partial charge is 0.202 e. The van der Waals surface area contributed by atoms with Crippen molar-refractivity contribution in [3.05, 3.63) is 12.4 Å². The Morgan fingerprint density at radius 2 is 2.56 bits per heavy atom. The molecule has 1 saturated heterocycles. The molecule has 2 N–H and O–H groups in total. The molecule has 1 fully saturated rings. The number of hydrogen-bond acceptors (Lipinski definition) is 3. The molecule has 2 unspecified atom stereocenters. The Balaban J connectivity index is 1.93. The quantitative estimate of drug-likeness (QED) is 0.815. The summed E-state index contributed by atoms with van der Waals surface area (Å²) in [6.45, 7) is 7.66. The van der Waals surface area contributed by atoms with Crippen molar-refractivity contribution in [2.24, 2.45) is 5.92 Å². The molecule has 0 spiro atoms. The molecule has 1 aliphatic heterocycles. The van der Waals surface area contributed by atoms with Crippen molar-refractivity contribution in [1.29, 1.82) is 0 Å². The summed E-state index contributed by atoms with van der Waals surface area (Å²) in [4.78, 5) is 4.35. The Bertz CT molecular complexity index is 315. The van der Waals surface area contributed by atoms with Gasteiger partial charge in [-0.3, -0.25) is 0 Å². The second kappa shape index (κ2) is 5.34. The van der Waals surface area contributed by atoms with Crippen LogP contribution in [0.3, 0.4) is 0 Å². The Morgan fingerprint density at radius 3 is 3.25 bits per heavy atom. The van der Waals surface area contributed by atoms with Crippen LogP contribution in [0.2, 0.25) is 0 Å². The van der Waals surface area contributed by atoms with Gasteiger partial charge in [0.1, 0.15) is 0 Å². The summed E-state index contributed by atoms with van der Waals surface area (Å²) in [5, 5.41) is 6.98. The van der Waals surface area contributed by atoms with Crippen molar-refractivity contribution >= 4 is 5.95 Å². The number of nitrogens with zero attached hydrogens (tertiary/aromatic N) is 2. The van der Waals surface area contributed by atoms with E-state index in [1.54, 1.807) is 0 Å². The van der Waals surface area contributed by atoms with Gasteiger partial charge in [-0.15, -0.1) is 0 Å². The van der Waals surface area contributed by atoms with Crippen LogP contribution in [0.1, 0.15) is 26.7 Å². The maximum absolute atomic E-state index is 4.35. The van der Waals surface area contributed by atoms with E-state index in [0.29, 0.717) is 6.04 Å². The van der Waals surface area contributed by atoms with Gasteiger partial charge in [0.15, 0.2) is 0 Å². The third kappa shape index (κ3) is 2.55. The Morgan fingerprint density at radius 1 is 1.69 bits per heavy atom. The summed E-state index contributed by atoms with van der Waals surface area (Å²) in [6.07, 6.45) is 6.48. The van der Waals surface area contributed by atoms with Gasteiger partial charge in [0.2, 0.25) is 5.95 Å². The van der Waals surface area contributed by atoms with Crippen molar-refractivity contribution in [2.45, 2.75) is 39.3 Å². The minimum atomic E-state index is 0.487. The molecule has 4 nitrogen and oxygen atoms in total. The topological polar surface area (TPSA) is 41.9 Å². The number of aryl methyl sites for hydroxylation is 1. The van der Waals surface area contributed by atoms with Crippen LogP contribution in [-0.2, 0) is 6.54 Å². The molecule has 1 aromatic heterocycles. The minimum Gasteiger partial charge on any atom is -0.353 e. The molecule has 0 amide bonds. The van der Waals surface area contributed by atoms with Crippen molar-refractivity contribution in [3.63, 3.8) is 0 Å². The van der Waals surface area contributed by atoms with E-state index in [4.69, 9.17) is 0 Å². The average Bonchev–Trinajstić information content (AvgIpc) is 2.77. The fourth-order valence-electron chi connectivity index (χ4n) is 2.33. The highest BCUT2D eigenvalue weighted by molar-refractivity contribution is 5.27. The number of hydrogen-bond donors (Lipinski definition) is 2. The van der Waals surface area contributed by atoms with Crippen molar-refractivity contribution in [2.75, 3.05) is 18.4 Å². The SMILES string of the molecule is CCn1ccnc1NC(C)C1CCCNC1. The second-order valence-electron chi connectivity index (χ2n) is 4.58. The molecule has 0 aromatic carbocycles. The lowest BCUT2D eigenvalue weighted by atomic mass is 9.93. The number of aromatic nitrogens is 2. The van der Waals surface area contributed by atoms with Gasteiger partial charge in [0, 0.05) is 25.0 Å². The second-order valence-corrected chi connectivity index (χ2v) is 4.58. The zero-order valence-electron chi connectivity index (χ0n) is 10.2. The van der Waals surface area contributed by atoms with Gasteiger partial charge in [0.05, 0.1) is 0 Å². The lowest BCUT2D eigenvalue weighted by molar-refractivity contribution is 0.345. The van der Waals surface area contributed by atoms with Crippen LogP contribution in [0, 0.1) is 5.92 Å². The average molecular weight is 222 g/mol. The van der Waals surface area contributed by atoms with Gasteiger partial charge in [-0.25, -0.2) is 4.98 Å². The van der Waals surface area contributed by atoms with Gasteiger partial charge in [-0.1, -0.05) is 0 Å². The maximum atomic E-state index is 4.35. The zero-order valence-corrected chi connectivity index (χ0v) is 10.2. The predicted molar refractivity (Wildman–Crippen MR) is 66.6 cm³/mol. The fourth-order valence-corrected chi connectivity index (χ4v) is 2.33. The molecule has 90 valence electrons. The van der Waals surface area contributed by atoms with Crippen LogP contribution in [0.5, 0.6) is 0 Å². The molecule has 2 rings (SSSR count). The minimum absolute atomic E-state index is 0.487. The third-order valence-electron chi connectivity index (χ3n) is 3.46. The van der Waals surface area contributed by atoms with Gasteiger partial charge in [-0.2, -0.15) is 0 Å². The van der Waals surface area contributed by atoms with Crippen LogP contribution < -0.4 is 10.6 Å². The monoisotopic (exact) mass is 222 g/mol. The number of anilines is 1. The Labute approximate surface area is 97.4 Å². The van der Waals surface area contributed by atoms with Crippen LogP contribution in [0.4, 0.5) is 5.95 Å². The summed E-state index contributed by atoms with van der Waals surface area (Å²) in [5.41, 5.74) is 0. The van der Waals surface area contributed by atoms with Crippen LogP contribution in [-0.4, -0.2) is 28.7 Å². The van der Waals surface area contributed by atoms with Gasteiger partial charge < -0.3 is 15.2 Å². The first kappa shape index (κ1) is 11.5. The summed E-state index contributed by atoms with van der Waals surface area (Å²) in [5.74, 6) is 1.72. The maximum Gasteiger partial charge on any atom is 0.202 e. The molecule has 16 heavy (non-hydrogen) atoms. The molecule has 0 saturated carbocycles. The molecular weight excluding hydrogens is 200 g/mol. The molecule has 2 atom stereocenters. The highest BCUT2D eigenvalue weighted by Gasteiger charge is 2.20. The van der Waals surface area contributed by atoms with E-state index in [1.165, 1.54) is 19.4 Å². The van der Waals surface area contributed by atoms with Crippen LogP contribution >= 0.6 is 0 Å². The molecule has 0 aliphatic carbocycles. The number of piperidine rings is 1. The summed E-state index contributed by atoms with van der Waals surface area (Å²) >= 11 is 0. The highest BCUT2D eigenvalue weighted by Crippen LogP contribution is 2.17. The van der Waals surface area contributed by atoms with Crippen LogP contribution in [0.25, 0.3) is 0 Å². The molecule has 1 aliphatic rings. The molecule has 0 bridgehead atoms. The molecule has 1 aromatic rings. The number of rotatable bonds is 4. The summed E-state index contributed by atoms with van der Waals surface area (Å²) < 4.78 is 2.15. The first-order valence-corrected chi connectivity index (χ1v) is 6.29. The first-order valence-electron chi connectivity index (χ1n) is 6.29. The largest absolute Gasteiger partial charge is 0.353 e. The van der Waals surface area contributed by atoms with E-state index in [0.717, 1.165) is 25.0 Å². The van der Waals surface area contributed by atoms with Gasteiger partial charge in [-0.05, 0) is 45.7 Å². The lowest BCUT2D eigenvalue weighted by Crippen LogP contribution is -2.39. The number of nitrogens with one attached hydrogen (secondary N) is 2. The molecular formula is C12H22N4. The normalized spacial score (nSPS) is 23.0. The lowest BCUT2D eigenvalue weighted by Gasteiger charge is -2.29. The van der Waals surface area contributed by atoms with E-state index in [-0.39, 0.29) is 0 Å². The predicted octanol–water partition coefficient (Wildman–Crippen LogP) is 1.70. The zero-order chi connectivity index (χ0) is 11.4. The molecule has 0 radical (unpaired) electrons. The summed E-state index contributed by atoms with van der Waals surface area (Å²) in [6, 6.07) is 0.487. The van der Waals surface area contributed by atoms with E-state index in [1.807, 2.05) is 12.4 Å². The third-order valence-corrected chi connectivity index (χ3v) is 3.46. The van der Waals surface area contributed by atoms with Gasteiger partial charge in [0.25, 0.3) is 0 Å². The Hall–Kier alpha value is -1.03. The van der Waals surface area contributed by atoms with E-state index in [9.17, 15) is 0 Å². The Kier molecular flexibility index (Phi) is 3.83. The molecule has 2 heterocycles. The first-order chi connectivity index (χ1) is 7.81. The fraction of sp³-hybridized carbons (Fsp3) is 0.750. The van der Waals surface area contributed by atoms with Crippen molar-refractivity contribution in [3.8, 4) is 0 Å². The van der Waals surface area contributed by atoms with Crippen molar-refractivity contribution < 1.29 is 0 Å². The van der Waals surface area contributed by atoms with E-state index in [2.05, 4.69) is 34.0 Å². The number of imidazole rings is 1.